The molecule has 1 aromatic heterocycles. The van der Waals surface area contributed by atoms with Crippen molar-refractivity contribution < 1.29 is 22.7 Å². The molecule has 1 heterocycles. The zero-order valence-electron chi connectivity index (χ0n) is 12.4. The average Bonchev–Trinajstić information content (AvgIpc) is 2.46. The third-order valence-electron chi connectivity index (χ3n) is 2.88. The maximum Gasteiger partial charge on any atom is 0.345 e. The van der Waals surface area contributed by atoms with E-state index in [1.54, 1.807) is 13.8 Å². The molecule has 1 aromatic carbocycles. The van der Waals surface area contributed by atoms with Crippen molar-refractivity contribution >= 4 is 28.6 Å². The number of esters is 1. The van der Waals surface area contributed by atoms with Crippen LogP contribution in [0.2, 0.25) is 0 Å². The van der Waals surface area contributed by atoms with Crippen LogP contribution in [0.5, 0.6) is 0 Å². The molecule has 0 aliphatic heterocycles. The van der Waals surface area contributed by atoms with E-state index in [4.69, 9.17) is 4.74 Å². The molecular weight excluding hydrogens is 331 g/mol. The Hall–Kier alpha value is -1.96. The lowest BCUT2D eigenvalue weighted by Gasteiger charge is -2.12. The number of halogens is 3. The predicted molar refractivity (Wildman–Crippen MR) is 81.7 cm³/mol. The molecule has 8 heteroatoms. The first-order valence-corrected chi connectivity index (χ1v) is 7.78. The highest BCUT2D eigenvalue weighted by Gasteiger charge is 2.22. The van der Waals surface area contributed by atoms with Gasteiger partial charge in [-0.3, -0.25) is 9.18 Å². The lowest BCUT2D eigenvalue weighted by Crippen LogP contribution is -2.23. The molecule has 0 aliphatic carbocycles. The first-order valence-electron chi connectivity index (χ1n) is 6.80. The summed E-state index contributed by atoms with van der Waals surface area (Å²) in [4.78, 5) is 27.3. The third-order valence-corrected chi connectivity index (χ3v) is 3.83. The summed E-state index contributed by atoms with van der Waals surface area (Å²) in [5.74, 6) is -3.23. The number of carbonyl (C=O) groups excluding carboxylic acids is 1. The molecule has 0 saturated heterocycles. The number of rotatable bonds is 5. The van der Waals surface area contributed by atoms with Gasteiger partial charge in [-0.2, -0.15) is 0 Å². The summed E-state index contributed by atoms with van der Waals surface area (Å²) < 4.78 is 44.1. The third kappa shape index (κ3) is 3.69. The van der Waals surface area contributed by atoms with Gasteiger partial charge in [0.1, 0.15) is 5.56 Å². The first-order chi connectivity index (χ1) is 10.8. The van der Waals surface area contributed by atoms with Gasteiger partial charge in [-0.15, -0.1) is 11.8 Å². The summed E-state index contributed by atoms with van der Waals surface area (Å²) >= 11 is 0.894. The molecule has 23 heavy (non-hydrogen) atoms. The maximum atomic E-state index is 13.4. The van der Waals surface area contributed by atoms with Crippen molar-refractivity contribution in [1.82, 2.24) is 4.98 Å². The van der Waals surface area contributed by atoms with Crippen LogP contribution in [0.3, 0.4) is 0 Å². The van der Waals surface area contributed by atoms with E-state index in [-0.39, 0.29) is 27.2 Å². The standard InChI is InChI=1S/C15H14F3NO3S/c1-7(2)22-15(21)12-13(20)8-5-9(17)10(18)6-11(8)19-14(12)23-4-3-16/h5-7H,3-4H2,1-2H3,(H,19,20). The van der Waals surface area contributed by atoms with E-state index in [1.165, 1.54) is 0 Å². The Morgan fingerprint density at radius 3 is 2.57 bits per heavy atom. The van der Waals surface area contributed by atoms with Crippen LogP contribution in [0.1, 0.15) is 24.2 Å². The number of ether oxygens (including phenoxy) is 1. The van der Waals surface area contributed by atoms with Gasteiger partial charge >= 0.3 is 5.97 Å². The van der Waals surface area contributed by atoms with Gasteiger partial charge in [-0.05, 0) is 19.9 Å². The fourth-order valence-corrected chi connectivity index (χ4v) is 2.75. The number of fused-ring (bicyclic) bond motifs is 1. The molecule has 0 fully saturated rings. The number of hydrogen-bond donors (Lipinski definition) is 1. The Morgan fingerprint density at radius 1 is 1.30 bits per heavy atom. The van der Waals surface area contributed by atoms with Crippen LogP contribution >= 0.6 is 11.8 Å². The van der Waals surface area contributed by atoms with Crippen molar-refractivity contribution in [2.24, 2.45) is 0 Å². The van der Waals surface area contributed by atoms with Crippen molar-refractivity contribution in [2.45, 2.75) is 25.0 Å². The number of aromatic amines is 1. The van der Waals surface area contributed by atoms with E-state index < -0.39 is 35.8 Å². The van der Waals surface area contributed by atoms with E-state index >= 15 is 0 Å². The van der Waals surface area contributed by atoms with Crippen LogP contribution in [-0.2, 0) is 4.74 Å². The van der Waals surface area contributed by atoms with Gasteiger partial charge in [0.05, 0.1) is 23.3 Å². The number of hydrogen-bond acceptors (Lipinski definition) is 4. The van der Waals surface area contributed by atoms with Gasteiger partial charge in [0.25, 0.3) is 0 Å². The van der Waals surface area contributed by atoms with Crippen molar-refractivity contribution in [1.29, 1.82) is 0 Å². The molecule has 4 nitrogen and oxygen atoms in total. The van der Waals surface area contributed by atoms with Gasteiger partial charge in [0.2, 0.25) is 5.43 Å². The van der Waals surface area contributed by atoms with Gasteiger partial charge in [-0.25, -0.2) is 13.6 Å². The van der Waals surface area contributed by atoms with Gasteiger partial charge < -0.3 is 9.72 Å². The normalized spacial score (nSPS) is 11.2. The van der Waals surface area contributed by atoms with Crippen LogP contribution in [0.15, 0.2) is 22.0 Å². The first kappa shape index (κ1) is 17.4. The van der Waals surface area contributed by atoms with E-state index in [2.05, 4.69) is 4.98 Å². The molecule has 0 bridgehead atoms. The Balaban J connectivity index is 2.70. The monoisotopic (exact) mass is 345 g/mol. The van der Waals surface area contributed by atoms with E-state index in [1.807, 2.05) is 0 Å². The Morgan fingerprint density at radius 2 is 1.96 bits per heavy atom. The number of H-pyrrole nitrogens is 1. The van der Waals surface area contributed by atoms with Crippen LogP contribution in [0.4, 0.5) is 13.2 Å². The van der Waals surface area contributed by atoms with Crippen molar-refractivity contribution in [3.63, 3.8) is 0 Å². The Kier molecular flexibility index (Phi) is 5.35. The highest BCUT2D eigenvalue weighted by Crippen LogP contribution is 2.24. The summed E-state index contributed by atoms with van der Waals surface area (Å²) in [6.07, 6.45) is -0.471. The molecule has 0 atom stereocenters. The minimum absolute atomic E-state index is 0.00686. The fourth-order valence-electron chi connectivity index (χ4n) is 1.97. The molecule has 0 aliphatic rings. The van der Waals surface area contributed by atoms with Gasteiger partial charge in [0, 0.05) is 17.2 Å². The van der Waals surface area contributed by atoms with Gasteiger partial charge in [-0.1, -0.05) is 0 Å². The van der Waals surface area contributed by atoms with Crippen molar-refractivity contribution in [3.8, 4) is 0 Å². The largest absolute Gasteiger partial charge is 0.459 e. The number of alkyl halides is 1. The highest BCUT2D eigenvalue weighted by atomic mass is 32.2. The molecule has 0 radical (unpaired) electrons. The molecule has 2 aromatic rings. The van der Waals surface area contributed by atoms with Crippen LogP contribution in [-0.4, -0.2) is 29.5 Å². The topological polar surface area (TPSA) is 59.2 Å². The number of nitrogens with one attached hydrogen (secondary N) is 1. The lowest BCUT2D eigenvalue weighted by atomic mass is 10.1. The number of pyridine rings is 1. The molecule has 0 unspecified atom stereocenters. The minimum atomic E-state index is -1.20. The van der Waals surface area contributed by atoms with E-state index in [0.29, 0.717) is 0 Å². The Bertz CT molecular complexity index is 805. The second-order valence-corrected chi connectivity index (χ2v) is 6.07. The molecule has 0 saturated carbocycles. The summed E-state index contributed by atoms with van der Waals surface area (Å²) in [6.45, 7) is 2.54. The SMILES string of the molecule is CC(C)OC(=O)c1c(SCCF)[nH]c2cc(F)c(F)cc2c1=O. The second kappa shape index (κ2) is 7.08. The molecule has 2 rings (SSSR count). The summed E-state index contributed by atoms with van der Waals surface area (Å²) in [6, 6.07) is 1.54. The number of carbonyl (C=O) groups is 1. The lowest BCUT2D eigenvalue weighted by molar-refractivity contribution is 0.0371. The van der Waals surface area contributed by atoms with Gasteiger partial charge in [0.15, 0.2) is 11.6 Å². The van der Waals surface area contributed by atoms with Crippen LogP contribution < -0.4 is 5.43 Å². The number of thioether (sulfide) groups is 1. The van der Waals surface area contributed by atoms with Crippen LogP contribution in [0.25, 0.3) is 10.9 Å². The highest BCUT2D eigenvalue weighted by molar-refractivity contribution is 7.99. The smallest absolute Gasteiger partial charge is 0.345 e. The van der Waals surface area contributed by atoms with E-state index in [9.17, 15) is 22.8 Å². The van der Waals surface area contributed by atoms with Crippen LogP contribution in [0, 0.1) is 11.6 Å². The molecular formula is C15H14F3NO3S. The van der Waals surface area contributed by atoms with Crippen molar-refractivity contribution in [2.75, 3.05) is 12.4 Å². The number of aromatic nitrogens is 1. The second-order valence-electron chi connectivity index (χ2n) is 4.96. The summed E-state index contributed by atoms with van der Waals surface area (Å²) in [7, 11) is 0. The van der Waals surface area contributed by atoms with E-state index in [0.717, 1.165) is 23.9 Å². The van der Waals surface area contributed by atoms with Crippen molar-refractivity contribution in [3.05, 3.63) is 39.6 Å². The zero-order chi connectivity index (χ0) is 17.1. The summed E-state index contributed by atoms with van der Waals surface area (Å²) in [5, 5.41) is -0.110. The quantitative estimate of drug-likeness (QED) is 0.666. The Labute approximate surface area is 134 Å². The predicted octanol–water partition coefficient (Wildman–Crippen LogP) is 3.43. The molecule has 124 valence electrons. The zero-order valence-corrected chi connectivity index (χ0v) is 13.2. The molecule has 1 N–H and O–H groups in total. The maximum absolute atomic E-state index is 13.4. The fraction of sp³-hybridized carbons (Fsp3) is 0.333. The summed E-state index contributed by atoms with van der Waals surface area (Å²) in [5.41, 5.74) is -1.10. The average molecular weight is 345 g/mol. The molecule has 0 spiro atoms. The molecule has 0 amide bonds. The number of benzene rings is 1. The minimum Gasteiger partial charge on any atom is -0.459 e.